The monoisotopic (exact) mass is 139 g/mol. The molecule has 0 aromatic heterocycles. The van der Waals surface area contributed by atoms with E-state index in [0.29, 0.717) is 0 Å². The molecule has 1 aliphatic rings. The van der Waals surface area contributed by atoms with Crippen LogP contribution in [0.25, 0.3) is 0 Å². The molecule has 1 radical (unpaired) electrons. The van der Waals surface area contributed by atoms with Gasteiger partial charge in [0.05, 0.1) is 0 Å². The second-order valence-electron chi connectivity index (χ2n) is 3.60. The van der Waals surface area contributed by atoms with E-state index in [4.69, 9.17) is 0 Å². The summed E-state index contributed by atoms with van der Waals surface area (Å²) < 4.78 is 0. The van der Waals surface area contributed by atoms with Gasteiger partial charge in [-0.3, -0.25) is 0 Å². The molecule has 2 atom stereocenters. The molecule has 0 spiro atoms. The minimum Gasteiger partial charge on any atom is -0.0651 e. The van der Waals surface area contributed by atoms with Crippen molar-refractivity contribution in [2.75, 3.05) is 0 Å². The normalized spacial score (nSPS) is 34.2. The first-order chi connectivity index (χ1) is 4.86. The molecule has 0 aromatic carbocycles. The van der Waals surface area contributed by atoms with Crippen molar-refractivity contribution in [3.63, 3.8) is 0 Å². The maximum Gasteiger partial charge on any atom is -0.0412 e. The van der Waals surface area contributed by atoms with Crippen LogP contribution in [-0.4, -0.2) is 0 Å². The Morgan fingerprint density at radius 3 is 2.60 bits per heavy atom. The lowest BCUT2D eigenvalue weighted by atomic mass is 9.79. The van der Waals surface area contributed by atoms with Crippen LogP contribution in [0.4, 0.5) is 0 Å². The first-order valence-electron chi connectivity index (χ1n) is 4.66. The summed E-state index contributed by atoms with van der Waals surface area (Å²) in [6.45, 7) is 6.29. The van der Waals surface area contributed by atoms with E-state index in [0.717, 1.165) is 18.3 Å². The van der Waals surface area contributed by atoms with E-state index in [1.165, 1.54) is 32.1 Å². The molecule has 1 fully saturated rings. The molecule has 0 nitrogen and oxygen atoms in total. The van der Waals surface area contributed by atoms with Crippen LogP contribution in [0.2, 0.25) is 0 Å². The van der Waals surface area contributed by atoms with Gasteiger partial charge in [0.1, 0.15) is 0 Å². The second kappa shape index (κ2) is 4.00. The highest BCUT2D eigenvalue weighted by molar-refractivity contribution is 4.72. The van der Waals surface area contributed by atoms with Gasteiger partial charge in [0.2, 0.25) is 0 Å². The predicted octanol–water partition coefficient (Wildman–Crippen LogP) is 3.43. The molecule has 1 rings (SSSR count). The summed E-state index contributed by atoms with van der Waals surface area (Å²) in [6.07, 6.45) is 8.39. The topological polar surface area (TPSA) is 0 Å². The summed E-state index contributed by atoms with van der Waals surface area (Å²) in [6, 6.07) is 0. The van der Waals surface area contributed by atoms with E-state index >= 15 is 0 Å². The minimum absolute atomic E-state index is 0.957. The highest BCUT2D eigenvalue weighted by Gasteiger charge is 2.18. The van der Waals surface area contributed by atoms with Crippen LogP contribution < -0.4 is 0 Å². The maximum absolute atomic E-state index is 3.98. The van der Waals surface area contributed by atoms with Crippen molar-refractivity contribution in [1.29, 1.82) is 0 Å². The molecule has 0 aliphatic heterocycles. The molecule has 0 saturated heterocycles. The number of hydrogen-bond donors (Lipinski definition) is 0. The smallest absolute Gasteiger partial charge is 0.0412 e. The average molecular weight is 139 g/mol. The fourth-order valence-electron chi connectivity index (χ4n) is 2.04. The van der Waals surface area contributed by atoms with Crippen molar-refractivity contribution in [2.45, 2.75) is 45.4 Å². The quantitative estimate of drug-likeness (QED) is 0.550. The third kappa shape index (κ3) is 2.00. The first kappa shape index (κ1) is 8.10. The van der Waals surface area contributed by atoms with Crippen molar-refractivity contribution in [1.82, 2.24) is 0 Å². The van der Waals surface area contributed by atoms with E-state index in [1.54, 1.807) is 0 Å². The van der Waals surface area contributed by atoms with Crippen molar-refractivity contribution in [3.8, 4) is 0 Å². The van der Waals surface area contributed by atoms with Crippen molar-refractivity contribution in [3.05, 3.63) is 6.92 Å². The van der Waals surface area contributed by atoms with Gasteiger partial charge < -0.3 is 0 Å². The lowest BCUT2D eigenvalue weighted by Crippen LogP contribution is -2.13. The van der Waals surface area contributed by atoms with E-state index in [-0.39, 0.29) is 0 Å². The van der Waals surface area contributed by atoms with Crippen LogP contribution in [0.5, 0.6) is 0 Å². The molecule has 1 saturated carbocycles. The van der Waals surface area contributed by atoms with Crippen molar-refractivity contribution in [2.24, 2.45) is 11.8 Å². The van der Waals surface area contributed by atoms with Crippen LogP contribution in [0, 0.1) is 18.8 Å². The molecule has 1 aliphatic carbocycles. The van der Waals surface area contributed by atoms with Crippen molar-refractivity contribution >= 4 is 0 Å². The highest BCUT2D eigenvalue weighted by Crippen LogP contribution is 2.32. The molecular weight excluding hydrogens is 120 g/mol. The number of rotatable bonds is 2. The molecule has 2 unspecified atom stereocenters. The van der Waals surface area contributed by atoms with E-state index in [9.17, 15) is 0 Å². The van der Waals surface area contributed by atoms with Gasteiger partial charge in [0, 0.05) is 0 Å². The summed E-state index contributed by atoms with van der Waals surface area (Å²) in [4.78, 5) is 0. The molecule has 0 heteroatoms. The Balaban J connectivity index is 2.25. The summed E-state index contributed by atoms with van der Waals surface area (Å²) >= 11 is 0. The lowest BCUT2D eigenvalue weighted by Gasteiger charge is -2.27. The van der Waals surface area contributed by atoms with Gasteiger partial charge in [-0.1, -0.05) is 46.0 Å². The van der Waals surface area contributed by atoms with Crippen LogP contribution >= 0.6 is 0 Å². The molecule has 0 bridgehead atoms. The zero-order valence-corrected chi connectivity index (χ0v) is 7.10. The Bertz CT molecular complexity index is 76.0. The largest absolute Gasteiger partial charge is 0.0651 e. The maximum atomic E-state index is 3.98. The SMILES string of the molecule is [CH2]CC1CCCC(CC)C1. The Labute approximate surface area is 65.0 Å². The lowest BCUT2D eigenvalue weighted by molar-refractivity contribution is 0.262. The molecule has 0 N–H and O–H groups in total. The third-order valence-electron chi connectivity index (χ3n) is 2.88. The van der Waals surface area contributed by atoms with E-state index in [1.807, 2.05) is 0 Å². The average Bonchev–Trinajstić information content (AvgIpc) is 2.05. The van der Waals surface area contributed by atoms with E-state index in [2.05, 4.69) is 13.8 Å². The van der Waals surface area contributed by atoms with E-state index < -0.39 is 0 Å². The third-order valence-corrected chi connectivity index (χ3v) is 2.88. The standard InChI is InChI=1S/C10H19/c1-3-9-6-5-7-10(4-2)8-9/h9-10H,1,3-8H2,2H3. The van der Waals surface area contributed by atoms with Crippen LogP contribution in [0.1, 0.15) is 45.4 Å². The Morgan fingerprint density at radius 1 is 1.30 bits per heavy atom. The molecule has 0 heterocycles. The van der Waals surface area contributed by atoms with Gasteiger partial charge in [0.25, 0.3) is 0 Å². The molecule has 10 heavy (non-hydrogen) atoms. The van der Waals surface area contributed by atoms with Gasteiger partial charge in [0.15, 0.2) is 0 Å². The van der Waals surface area contributed by atoms with Gasteiger partial charge >= 0.3 is 0 Å². The molecule has 0 aromatic rings. The van der Waals surface area contributed by atoms with Gasteiger partial charge in [-0.2, -0.15) is 0 Å². The number of hydrogen-bond acceptors (Lipinski definition) is 0. The van der Waals surface area contributed by atoms with Crippen molar-refractivity contribution < 1.29 is 0 Å². The summed E-state index contributed by atoms with van der Waals surface area (Å²) in [7, 11) is 0. The highest BCUT2D eigenvalue weighted by atomic mass is 14.2. The second-order valence-corrected chi connectivity index (χ2v) is 3.60. The summed E-state index contributed by atoms with van der Waals surface area (Å²) in [5.74, 6) is 1.99. The Hall–Kier alpha value is 0. The fourth-order valence-corrected chi connectivity index (χ4v) is 2.04. The summed E-state index contributed by atoms with van der Waals surface area (Å²) in [5, 5.41) is 0. The zero-order valence-electron chi connectivity index (χ0n) is 7.10. The Morgan fingerprint density at radius 2 is 2.00 bits per heavy atom. The fraction of sp³-hybridized carbons (Fsp3) is 0.900. The summed E-state index contributed by atoms with van der Waals surface area (Å²) in [5.41, 5.74) is 0. The van der Waals surface area contributed by atoms with Gasteiger partial charge in [-0.25, -0.2) is 0 Å². The molecule has 59 valence electrons. The predicted molar refractivity (Wildman–Crippen MR) is 45.7 cm³/mol. The van der Waals surface area contributed by atoms with Gasteiger partial charge in [-0.15, -0.1) is 0 Å². The van der Waals surface area contributed by atoms with Gasteiger partial charge in [-0.05, 0) is 18.3 Å². The molecule has 0 amide bonds. The van der Waals surface area contributed by atoms with Crippen LogP contribution in [0.15, 0.2) is 0 Å². The molecular formula is C10H19. The Kier molecular flexibility index (Phi) is 3.24. The zero-order chi connectivity index (χ0) is 7.40. The first-order valence-corrected chi connectivity index (χ1v) is 4.66. The van der Waals surface area contributed by atoms with Crippen LogP contribution in [-0.2, 0) is 0 Å². The van der Waals surface area contributed by atoms with Crippen LogP contribution in [0.3, 0.4) is 0 Å². The minimum atomic E-state index is 0.957.